The van der Waals surface area contributed by atoms with Gasteiger partial charge >= 0.3 is 0 Å². The summed E-state index contributed by atoms with van der Waals surface area (Å²) in [4.78, 5) is 18.8. The Bertz CT molecular complexity index is 608. The second-order valence-electron chi connectivity index (χ2n) is 7.46. The normalized spacial score (nSPS) is 21.3. The van der Waals surface area contributed by atoms with Crippen LogP contribution in [0.3, 0.4) is 0 Å². The number of carbonyl (C=O) groups is 1. The van der Waals surface area contributed by atoms with Crippen molar-refractivity contribution in [3.8, 4) is 0 Å². The minimum Gasteiger partial charge on any atom is -0.355 e. The quantitative estimate of drug-likeness (QED) is 0.581. The van der Waals surface area contributed by atoms with Crippen molar-refractivity contribution in [1.29, 1.82) is 0 Å². The molecule has 1 unspecified atom stereocenters. The second kappa shape index (κ2) is 10.6. The fraction of sp³-hybridized carbons (Fsp3) is 0.619. The van der Waals surface area contributed by atoms with Crippen LogP contribution in [0, 0.1) is 5.92 Å². The van der Waals surface area contributed by atoms with Crippen LogP contribution >= 0.6 is 11.8 Å². The van der Waals surface area contributed by atoms with Crippen LogP contribution < -0.4 is 10.6 Å². The summed E-state index contributed by atoms with van der Waals surface area (Å²) in [6.07, 6.45) is 5.88. The van der Waals surface area contributed by atoms with Gasteiger partial charge in [0.15, 0.2) is 5.96 Å². The Labute approximate surface area is 167 Å². The van der Waals surface area contributed by atoms with Crippen LogP contribution in [0.5, 0.6) is 0 Å². The molecule has 0 aliphatic carbocycles. The maximum absolute atomic E-state index is 12.5. The zero-order valence-electron chi connectivity index (χ0n) is 16.3. The molecule has 3 rings (SSSR count). The molecule has 2 saturated heterocycles. The molecule has 2 fully saturated rings. The van der Waals surface area contributed by atoms with Crippen molar-refractivity contribution < 1.29 is 4.79 Å². The number of piperidine rings is 1. The molecule has 0 spiro atoms. The average Bonchev–Trinajstić information content (AvgIpc) is 3.23. The van der Waals surface area contributed by atoms with Gasteiger partial charge in [-0.2, -0.15) is 11.8 Å². The van der Waals surface area contributed by atoms with Crippen molar-refractivity contribution in [2.24, 2.45) is 10.9 Å². The van der Waals surface area contributed by atoms with E-state index in [2.05, 4.69) is 46.0 Å². The largest absolute Gasteiger partial charge is 0.355 e. The molecule has 2 aliphatic heterocycles. The highest BCUT2D eigenvalue weighted by atomic mass is 32.2. The highest BCUT2D eigenvalue weighted by molar-refractivity contribution is 8.00. The number of thioether (sulfide) groups is 1. The molecule has 1 aromatic carbocycles. The van der Waals surface area contributed by atoms with Crippen molar-refractivity contribution in [3.05, 3.63) is 35.9 Å². The van der Waals surface area contributed by atoms with Gasteiger partial charge in [0.1, 0.15) is 0 Å². The molecule has 148 valence electrons. The molecule has 5 nitrogen and oxygen atoms in total. The van der Waals surface area contributed by atoms with Crippen LogP contribution in [-0.4, -0.2) is 61.0 Å². The van der Waals surface area contributed by atoms with Crippen LogP contribution in [0.4, 0.5) is 0 Å². The standard InChI is InChI=1S/C21H32N4OS/c1-22-21(23-15-19-8-5-13-27-19)24-16-20(26)25-11-9-18(10-12-25)14-17-6-3-2-4-7-17/h2-4,6-7,18-19H,5,8-16H2,1H3,(H2,22,23,24). The lowest BCUT2D eigenvalue weighted by Gasteiger charge is -2.32. The van der Waals surface area contributed by atoms with E-state index in [1.54, 1.807) is 7.05 Å². The van der Waals surface area contributed by atoms with Gasteiger partial charge in [0.25, 0.3) is 0 Å². The number of amides is 1. The molecule has 2 aliphatic rings. The highest BCUT2D eigenvalue weighted by Gasteiger charge is 2.23. The Morgan fingerprint density at radius 3 is 2.63 bits per heavy atom. The third-order valence-corrected chi connectivity index (χ3v) is 6.88. The molecule has 1 aromatic rings. The Hall–Kier alpha value is -1.69. The maximum Gasteiger partial charge on any atom is 0.241 e. The van der Waals surface area contributed by atoms with E-state index in [1.165, 1.54) is 24.2 Å². The van der Waals surface area contributed by atoms with Crippen molar-refractivity contribution >= 4 is 23.6 Å². The number of rotatable bonds is 6. The first kappa shape index (κ1) is 20.1. The molecular formula is C21H32N4OS. The monoisotopic (exact) mass is 388 g/mol. The summed E-state index contributed by atoms with van der Waals surface area (Å²) in [5.74, 6) is 2.85. The van der Waals surface area contributed by atoms with Crippen LogP contribution in [0.2, 0.25) is 0 Å². The number of nitrogens with zero attached hydrogens (tertiary/aromatic N) is 2. The summed E-state index contributed by atoms with van der Waals surface area (Å²) < 4.78 is 0. The predicted octanol–water partition coefficient (Wildman–Crippen LogP) is 2.53. The van der Waals surface area contributed by atoms with E-state index >= 15 is 0 Å². The van der Waals surface area contributed by atoms with Gasteiger partial charge < -0.3 is 15.5 Å². The number of likely N-dealkylation sites (tertiary alicyclic amines) is 1. The zero-order valence-corrected chi connectivity index (χ0v) is 17.1. The Morgan fingerprint density at radius 1 is 1.19 bits per heavy atom. The summed E-state index contributed by atoms with van der Waals surface area (Å²) in [7, 11) is 1.76. The van der Waals surface area contributed by atoms with E-state index in [0.29, 0.717) is 17.7 Å². The number of hydrogen-bond acceptors (Lipinski definition) is 3. The highest BCUT2D eigenvalue weighted by Crippen LogP contribution is 2.25. The Balaban J connectivity index is 1.34. The topological polar surface area (TPSA) is 56.7 Å². The molecule has 2 heterocycles. The van der Waals surface area contributed by atoms with Gasteiger partial charge in [0.2, 0.25) is 5.91 Å². The molecule has 27 heavy (non-hydrogen) atoms. The molecule has 0 aromatic heterocycles. The van der Waals surface area contributed by atoms with Crippen molar-refractivity contribution in [2.45, 2.75) is 37.4 Å². The van der Waals surface area contributed by atoms with Gasteiger partial charge in [0, 0.05) is 31.9 Å². The van der Waals surface area contributed by atoms with Gasteiger partial charge in [-0.1, -0.05) is 30.3 Å². The molecule has 0 radical (unpaired) electrons. The number of hydrogen-bond donors (Lipinski definition) is 2. The Kier molecular flexibility index (Phi) is 7.87. The van der Waals surface area contributed by atoms with Gasteiger partial charge in [-0.05, 0) is 49.3 Å². The molecule has 2 N–H and O–H groups in total. The van der Waals surface area contributed by atoms with Crippen LogP contribution in [0.15, 0.2) is 35.3 Å². The minimum absolute atomic E-state index is 0.173. The molecule has 0 saturated carbocycles. The third kappa shape index (κ3) is 6.45. The van der Waals surface area contributed by atoms with Crippen molar-refractivity contribution in [3.63, 3.8) is 0 Å². The predicted molar refractivity (Wildman–Crippen MR) is 114 cm³/mol. The molecule has 6 heteroatoms. The summed E-state index contributed by atoms with van der Waals surface area (Å²) in [6.45, 7) is 2.97. The van der Waals surface area contributed by atoms with Crippen LogP contribution in [0.1, 0.15) is 31.2 Å². The summed E-state index contributed by atoms with van der Waals surface area (Å²) in [5.41, 5.74) is 1.40. The molecule has 1 amide bonds. The van der Waals surface area contributed by atoms with E-state index in [0.717, 1.165) is 44.9 Å². The fourth-order valence-electron chi connectivity index (χ4n) is 3.84. The summed E-state index contributed by atoms with van der Waals surface area (Å²) in [6, 6.07) is 10.7. The molecule has 1 atom stereocenters. The van der Waals surface area contributed by atoms with Crippen LogP contribution in [-0.2, 0) is 11.2 Å². The number of aliphatic imine (C=N–C) groups is 1. The lowest BCUT2D eigenvalue weighted by Crippen LogP contribution is -2.47. The lowest BCUT2D eigenvalue weighted by atomic mass is 9.90. The van der Waals surface area contributed by atoms with E-state index < -0.39 is 0 Å². The van der Waals surface area contributed by atoms with E-state index in [9.17, 15) is 4.79 Å². The van der Waals surface area contributed by atoms with Gasteiger partial charge in [0.05, 0.1) is 6.54 Å². The van der Waals surface area contributed by atoms with Gasteiger partial charge in [-0.15, -0.1) is 0 Å². The Morgan fingerprint density at radius 2 is 1.96 bits per heavy atom. The smallest absolute Gasteiger partial charge is 0.241 e. The third-order valence-electron chi connectivity index (χ3n) is 5.49. The number of guanidine groups is 1. The lowest BCUT2D eigenvalue weighted by molar-refractivity contribution is -0.131. The molecular weight excluding hydrogens is 356 g/mol. The first-order valence-corrected chi connectivity index (χ1v) is 11.2. The minimum atomic E-state index is 0.173. The van der Waals surface area contributed by atoms with E-state index in [-0.39, 0.29) is 5.91 Å². The van der Waals surface area contributed by atoms with Gasteiger partial charge in [-0.25, -0.2) is 0 Å². The van der Waals surface area contributed by atoms with E-state index in [4.69, 9.17) is 0 Å². The van der Waals surface area contributed by atoms with Crippen LogP contribution in [0.25, 0.3) is 0 Å². The SMILES string of the molecule is CN=C(NCC(=O)N1CCC(Cc2ccccc2)CC1)NCC1CCCS1. The average molecular weight is 389 g/mol. The fourth-order valence-corrected chi connectivity index (χ4v) is 5.04. The van der Waals surface area contributed by atoms with Gasteiger partial charge in [-0.3, -0.25) is 9.79 Å². The number of carbonyl (C=O) groups excluding carboxylic acids is 1. The number of benzene rings is 1. The van der Waals surface area contributed by atoms with E-state index in [1.807, 2.05) is 16.7 Å². The first-order valence-electron chi connectivity index (χ1n) is 10.1. The number of nitrogens with one attached hydrogen (secondary N) is 2. The first-order chi connectivity index (χ1) is 13.2. The zero-order chi connectivity index (χ0) is 18.9. The van der Waals surface area contributed by atoms with Crippen molar-refractivity contribution in [1.82, 2.24) is 15.5 Å². The second-order valence-corrected chi connectivity index (χ2v) is 8.86. The summed E-state index contributed by atoms with van der Waals surface area (Å²) in [5, 5.41) is 7.20. The summed E-state index contributed by atoms with van der Waals surface area (Å²) >= 11 is 2.02. The molecule has 0 bridgehead atoms. The maximum atomic E-state index is 12.5. The van der Waals surface area contributed by atoms with Crippen molar-refractivity contribution in [2.75, 3.05) is 39.0 Å².